The number of halogens is 2. The maximum absolute atomic E-state index is 11.5. The van der Waals surface area contributed by atoms with E-state index in [4.69, 9.17) is 40.6 Å². The molecule has 0 aliphatic carbocycles. The normalized spacial score (nSPS) is 12.2. The number of aromatic hydroxyl groups is 1. The second-order valence-electron chi connectivity index (χ2n) is 6.77. The molecule has 0 atom stereocenters. The molecule has 31 heavy (non-hydrogen) atoms. The minimum atomic E-state index is -3.77. The molecule has 0 aliphatic rings. The molecule has 1 heterocycles. The SMILES string of the molecule is CC(=NCC(=S)Cc1cccc(S(N)(=O)=O)c1)c1csc(-c2ccc(Cl)c(Cl)c2)c1O. The van der Waals surface area contributed by atoms with Gasteiger partial charge in [-0.2, -0.15) is 0 Å². The smallest absolute Gasteiger partial charge is 0.238 e. The zero-order valence-electron chi connectivity index (χ0n) is 16.3. The number of thiophene rings is 1. The minimum Gasteiger partial charge on any atom is -0.506 e. The lowest BCUT2D eigenvalue weighted by molar-refractivity contribution is 0.478. The highest BCUT2D eigenvalue weighted by Crippen LogP contribution is 2.40. The summed E-state index contributed by atoms with van der Waals surface area (Å²) in [6.45, 7) is 2.06. The van der Waals surface area contributed by atoms with Crippen LogP contribution in [-0.4, -0.2) is 30.6 Å². The predicted octanol–water partition coefficient (Wildman–Crippen LogP) is 5.50. The summed E-state index contributed by atoms with van der Waals surface area (Å²) in [5.74, 6) is 0.122. The van der Waals surface area contributed by atoms with Crippen molar-refractivity contribution in [3.05, 3.63) is 69.0 Å². The Morgan fingerprint density at radius 2 is 1.94 bits per heavy atom. The van der Waals surface area contributed by atoms with Crippen molar-refractivity contribution in [1.82, 2.24) is 0 Å². The molecule has 2 aromatic carbocycles. The number of sulfonamides is 1. The van der Waals surface area contributed by atoms with E-state index in [1.165, 1.54) is 23.5 Å². The van der Waals surface area contributed by atoms with Crippen LogP contribution in [0.4, 0.5) is 0 Å². The molecule has 0 radical (unpaired) electrons. The summed E-state index contributed by atoms with van der Waals surface area (Å²) in [4.78, 5) is 5.84. The van der Waals surface area contributed by atoms with Crippen molar-refractivity contribution in [1.29, 1.82) is 0 Å². The molecule has 10 heteroatoms. The van der Waals surface area contributed by atoms with Gasteiger partial charge in [0, 0.05) is 27.9 Å². The predicted molar refractivity (Wildman–Crippen MR) is 133 cm³/mol. The maximum Gasteiger partial charge on any atom is 0.238 e. The van der Waals surface area contributed by atoms with E-state index in [9.17, 15) is 13.5 Å². The van der Waals surface area contributed by atoms with E-state index in [1.54, 1.807) is 37.3 Å². The Labute approximate surface area is 200 Å². The van der Waals surface area contributed by atoms with Gasteiger partial charge in [0.1, 0.15) is 5.75 Å². The van der Waals surface area contributed by atoms with Crippen LogP contribution in [0, 0.1) is 0 Å². The summed E-state index contributed by atoms with van der Waals surface area (Å²) in [5, 5.41) is 18.5. The van der Waals surface area contributed by atoms with E-state index in [-0.39, 0.29) is 17.2 Å². The third-order valence-corrected chi connectivity index (χ3v) is 7.40. The first-order chi connectivity index (χ1) is 14.6. The average molecular weight is 513 g/mol. The van der Waals surface area contributed by atoms with E-state index >= 15 is 0 Å². The molecule has 162 valence electrons. The Morgan fingerprint density at radius 1 is 1.19 bits per heavy atom. The van der Waals surface area contributed by atoms with Gasteiger partial charge >= 0.3 is 0 Å². The molecule has 0 saturated carbocycles. The number of primary sulfonamides is 1. The molecule has 0 spiro atoms. The summed E-state index contributed by atoms with van der Waals surface area (Å²) in [5.41, 5.74) is 2.76. The van der Waals surface area contributed by atoms with Crippen molar-refractivity contribution in [2.24, 2.45) is 10.1 Å². The quantitative estimate of drug-likeness (QED) is 0.323. The van der Waals surface area contributed by atoms with Gasteiger partial charge in [-0.1, -0.05) is 53.6 Å². The van der Waals surface area contributed by atoms with Crippen LogP contribution < -0.4 is 5.14 Å². The molecule has 3 rings (SSSR count). The van der Waals surface area contributed by atoms with Crippen molar-refractivity contribution < 1.29 is 13.5 Å². The third-order valence-electron chi connectivity index (χ3n) is 4.46. The van der Waals surface area contributed by atoms with Crippen LogP contribution in [0.3, 0.4) is 0 Å². The van der Waals surface area contributed by atoms with Gasteiger partial charge in [0.2, 0.25) is 10.0 Å². The lowest BCUT2D eigenvalue weighted by Gasteiger charge is -2.06. The standard InChI is InChI=1S/C21H18Cl2N2O3S3/c1-12(17-11-30-21(20(17)26)14-5-6-18(22)19(23)9-14)25-10-15(29)7-13-3-2-4-16(8-13)31(24,27)28/h2-6,8-9,11,26H,7,10H2,1H3,(H2,24,27,28). The average Bonchev–Trinajstić information content (AvgIpc) is 3.09. The Morgan fingerprint density at radius 3 is 2.61 bits per heavy atom. The summed E-state index contributed by atoms with van der Waals surface area (Å²) < 4.78 is 23.0. The molecule has 0 amide bonds. The van der Waals surface area contributed by atoms with Gasteiger partial charge in [0.25, 0.3) is 0 Å². The van der Waals surface area contributed by atoms with Crippen LogP contribution in [-0.2, 0) is 16.4 Å². The van der Waals surface area contributed by atoms with Gasteiger partial charge in [-0.15, -0.1) is 11.3 Å². The summed E-state index contributed by atoms with van der Waals surface area (Å²) in [7, 11) is -3.77. The highest BCUT2D eigenvalue weighted by atomic mass is 35.5. The second-order valence-corrected chi connectivity index (χ2v) is 10.6. The summed E-state index contributed by atoms with van der Waals surface area (Å²) >= 11 is 18.8. The number of thiocarbonyl (C=S) groups is 1. The van der Waals surface area contributed by atoms with Crippen LogP contribution in [0.2, 0.25) is 10.0 Å². The Kier molecular flexibility index (Phi) is 7.51. The van der Waals surface area contributed by atoms with Gasteiger partial charge in [0.05, 0.1) is 26.4 Å². The molecular formula is C21H18Cl2N2O3S3. The zero-order valence-corrected chi connectivity index (χ0v) is 20.3. The van der Waals surface area contributed by atoms with Crippen molar-refractivity contribution in [3.63, 3.8) is 0 Å². The third kappa shape index (κ3) is 5.91. The number of nitrogens with two attached hydrogens (primary N) is 1. The number of aliphatic imine (C=N–C) groups is 1. The second kappa shape index (κ2) is 9.77. The molecular weight excluding hydrogens is 495 g/mol. The zero-order chi connectivity index (χ0) is 22.8. The topological polar surface area (TPSA) is 92.8 Å². The fourth-order valence-electron chi connectivity index (χ4n) is 2.86. The Balaban J connectivity index is 1.73. The highest BCUT2D eigenvalue weighted by molar-refractivity contribution is 7.89. The summed E-state index contributed by atoms with van der Waals surface area (Å²) in [6, 6.07) is 11.5. The lowest BCUT2D eigenvalue weighted by atomic mass is 10.1. The first kappa shape index (κ1) is 23.8. The van der Waals surface area contributed by atoms with E-state index in [0.29, 0.717) is 37.5 Å². The minimum absolute atomic E-state index is 0.0468. The fourth-order valence-corrected chi connectivity index (χ4v) is 4.97. The largest absolute Gasteiger partial charge is 0.506 e. The van der Waals surface area contributed by atoms with Crippen LogP contribution in [0.25, 0.3) is 10.4 Å². The van der Waals surface area contributed by atoms with Crippen molar-refractivity contribution in [2.75, 3.05) is 6.54 Å². The number of hydrogen-bond acceptors (Lipinski definition) is 6. The monoisotopic (exact) mass is 512 g/mol. The lowest BCUT2D eigenvalue weighted by Crippen LogP contribution is -2.13. The van der Waals surface area contributed by atoms with Gasteiger partial charge in [-0.25, -0.2) is 13.6 Å². The molecule has 5 nitrogen and oxygen atoms in total. The molecule has 0 bridgehead atoms. The number of hydrogen-bond donors (Lipinski definition) is 2. The van der Waals surface area contributed by atoms with E-state index in [0.717, 1.165) is 11.1 Å². The molecule has 1 aromatic heterocycles. The molecule has 0 unspecified atom stereocenters. The number of benzene rings is 2. The van der Waals surface area contributed by atoms with E-state index < -0.39 is 10.0 Å². The van der Waals surface area contributed by atoms with E-state index in [1.807, 2.05) is 5.38 Å². The van der Waals surface area contributed by atoms with Crippen molar-refractivity contribution in [3.8, 4) is 16.2 Å². The molecule has 3 N–H and O–H groups in total. The van der Waals surface area contributed by atoms with Crippen LogP contribution in [0.1, 0.15) is 18.1 Å². The molecule has 0 saturated heterocycles. The first-order valence-corrected chi connectivity index (χ1v) is 12.6. The molecule has 3 aromatic rings. The van der Waals surface area contributed by atoms with Gasteiger partial charge in [-0.05, 0) is 42.3 Å². The van der Waals surface area contributed by atoms with E-state index in [2.05, 4.69) is 4.99 Å². The van der Waals surface area contributed by atoms with Crippen LogP contribution in [0.5, 0.6) is 5.75 Å². The Bertz CT molecular complexity index is 1280. The maximum atomic E-state index is 11.5. The number of rotatable bonds is 7. The number of nitrogens with zero attached hydrogens (tertiary/aromatic N) is 1. The first-order valence-electron chi connectivity index (χ1n) is 8.97. The highest BCUT2D eigenvalue weighted by Gasteiger charge is 2.16. The Hall–Kier alpha value is -1.81. The van der Waals surface area contributed by atoms with Crippen molar-refractivity contribution in [2.45, 2.75) is 18.2 Å². The molecule has 0 fully saturated rings. The van der Waals surface area contributed by atoms with Gasteiger partial charge in [-0.3, -0.25) is 4.99 Å². The van der Waals surface area contributed by atoms with Crippen molar-refractivity contribution >= 4 is 67.4 Å². The fraction of sp³-hybridized carbons (Fsp3) is 0.143. The van der Waals surface area contributed by atoms with Crippen LogP contribution >= 0.6 is 46.8 Å². The van der Waals surface area contributed by atoms with Gasteiger partial charge < -0.3 is 5.11 Å². The van der Waals surface area contributed by atoms with Gasteiger partial charge in [0.15, 0.2) is 0 Å². The summed E-state index contributed by atoms with van der Waals surface area (Å²) in [6.07, 6.45) is 0.389. The van der Waals surface area contributed by atoms with Crippen LogP contribution in [0.15, 0.2) is 57.7 Å². The molecule has 0 aliphatic heterocycles.